The van der Waals surface area contributed by atoms with E-state index in [4.69, 9.17) is 0 Å². The fourth-order valence-electron chi connectivity index (χ4n) is 3.88. The van der Waals surface area contributed by atoms with Gasteiger partial charge in [0.25, 0.3) is 0 Å². The molecular formula is C19H24N4. The molecule has 2 aromatic heterocycles. The highest BCUT2D eigenvalue weighted by Crippen LogP contribution is 2.26. The molecule has 0 bridgehead atoms. The van der Waals surface area contributed by atoms with E-state index in [1.807, 2.05) is 6.20 Å². The number of aryl methyl sites for hydroxylation is 1. The van der Waals surface area contributed by atoms with E-state index in [0.29, 0.717) is 6.04 Å². The molecule has 1 aliphatic rings. The van der Waals surface area contributed by atoms with Crippen LogP contribution in [0.1, 0.15) is 19.8 Å². The highest BCUT2D eigenvalue weighted by atomic mass is 15.2. The maximum absolute atomic E-state index is 4.63. The van der Waals surface area contributed by atoms with Crippen molar-refractivity contribution in [1.29, 1.82) is 0 Å². The van der Waals surface area contributed by atoms with Gasteiger partial charge in [-0.15, -0.1) is 0 Å². The predicted octanol–water partition coefficient (Wildman–Crippen LogP) is 3.53. The second kappa shape index (κ2) is 5.85. The lowest BCUT2D eigenvalue weighted by Crippen LogP contribution is -2.32. The molecular weight excluding hydrogens is 284 g/mol. The van der Waals surface area contributed by atoms with Crippen molar-refractivity contribution in [2.24, 2.45) is 7.05 Å². The number of hydrogen-bond donors (Lipinski definition) is 0. The lowest BCUT2D eigenvalue weighted by atomic mass is 10.1. The van der Waals surface area contributed by atoms with Crippen molar-refractivity contribution in [3.63, 3.8) is 0 Å². The molecule has 4 nitrogen and oxygen atoms in total. The van der Waals surface area contributed by atoms with Crippen LogP contribution in [0.4, 0.5) is 0 Å². The number of hydrogen-bond acceptors (Lipinski definition) is 2. The van der Waals surface area contributed by atoms with E-state index < -0.39 is 0 Å². The van der Waals surface area contributed by atoms with Crippen molar-refractivity contribution in [1.82, 2.24) is 19.0 Å². The summed E-state index contributed by atoms with van der Waals surface area (Å²) >= 11 is 0. The minimum Gasteiger partial charge on any atom is -0.351 e. The normalized spacial score (nSPS) is 19.0. The van der Waals surface area contributed by atoms with Crippen LogP contribution < -0.4 is 0 Å². The molecule has 1 aliphatic heterocycles. The Hall–Kier alpha value is -2.07. The zero-order valence-corrected chi connectivity index (χ0v) is 13.9. The lowest BCUT2D eigenvalue weighted by Gasteiger charge is -2.23. The van der Waals surface area contributed by atoms with Crippen LogP contribution in [0.2, 0.25) is 0 Å². The molecule has 3 heterocycles. The molecule has 0 saturated carbocycles. The van der Waals surface area contributed by atoms with Crippen LogP contribution >= 0.6 is 0 Å². The maximum Gasteiger partial charge on any atom is 0.139 e. The van der Waals surface area contributed by atoms with E-state index in [1.54, 1.807) is 0 Å². The molecule has 3 aromatic rings. The van der Waals surface area contributed by atoms with E-state index in [9.17, 15) is 0 Å². The van der Waals surface area contributed by atoms with Crippen LogP contribution in [0.15, 0.2) is 42.9 Å². The van der Waals surface area contributed by atoms with E-state index >= 15 is 0 Å². The first-order valence-corrected chi connectivity index (χ1v) is 8.57. The summed E-state index contributed by atoms with van der Waals surface area (Å²) in [6.07, 6.45) is 8.77. The molecule has 120 valence electrons. The smallest absolute Gasteiger partial charge is 0.139 e. The van der Waals surface area contributed by atoms with Crippen molar-refractivity contribution in [2.45, 2.75) is 32.4 Å². The van der Waals surface area contributed by atoms with Crippen LogP contribution in [-0.2, 0) is 13.6 Å². The molecule has 0 N–H and O–H groups in total. The third kappa shape index (κ3) is 2.57. The standard InChI is InChI=1S/C19H24N4/c1-3-22-10-4-5-17(22)14-23-12-9-20-19(23)16-6-7-18-15(13-16)8-11-21(18)2/h6-9,11-13,17H,3-5,10,14H2,1-2H3/t17-/m0/s1. The Morgan fingerprint density at radius 3 is 3.00 bits per heavy atom. The molecule has 4 rings (SSSR count). The number of aromatic nitrogens is 3. The van der Waals surface area contributed by atoms with E-state index in [-0.39, 0.29) is 0 Å². The summed E-state index contributed by atoms with van der Waals surface area (Å²) in [5, 5.41) is 1.27. The molecule has 1 atom stereocenters. The van der Waals surface area contributed by atoms with Gasteiger partial charge in [-0.2, -0.15) is 0 Å². The average Bonchev–Trinajstić information content (AvgIpc) is 3.28. The number of likely N-dealkylation sites (tertiary alicyclic amines) is 1. The summed E-state index contributed by atoms with van der Waals surface area (Å²) in [6.45, 7) is 5.68. The lowest BCUT2D eigenvalue weighted by molar-refractivity contribution is 0.245. The Bertz CT molecular complexity index is 814. The molecule has 0 radical (unpaired) electrons. The Kier molecular flexibility index (Phi) is 3.69. The van der Waals surface area contributed by atoms with E-state index in [0.717, 1.165) is 18.9 Å². The summed E-state index contributed by atoms with van der Waals surface area (Å²) in [4.78, 5) is 7.22. The zero-order chi connectivity index (χ0) is 15.8. The predicted molar refractivity (Wildman–Crippen MR) is 94.4 cm³/mol. The van der Waals surface area contributed by atoms with Crippen molar-refractivity contribution in [3.8, 4) is 11.4 Å². The third-order valence-corrected chi connectivity index (χ3v) is 5.17. The van der Waals surface area contributed by atoms with Gasteiger partial charge in [0.05, 0.1) is 0 Å². The van der Waals surface area contributed by atoms with Crippen molar-refractivity contribution >= 4 is 10.9 Å². The minimum absolute atomic E-state index is 0.647. The highest BCUT2D eigenvalue weighted by Gasteiger charge is 2.24. The number of fused-ring (bicyclic) bond motifs is 1. The number of imidazole rings is 1. The van der Waals surface area contributed by atoms with Gasteiger partial charge in [0, 0.05) is 54.7 Å². The largest absolute Gasteiger partial charge is 0.351 e. The number of benzene rings is 1. The highest BCUT2D eigenvalue weighted by molar-refractivity contribution is 5.84. The summed E-state index contributed by atoms with van der Waals surface area (Å²) in [5.41, 5.74) is 2.47. The Morgan fingerprint density at radius 1 is 1.22 bits per heavy atom. The van der Waals surface area contributed by atoms with Gasteiger partial charge in [-0.3, -0.25) is 4.90 Å². The number of likely N-dealkylation sites (N-methyl/N-ethyl adjacent to an activating group) is 1. The average molecular weight is 308 g/mol. The third-order valence-electron chi connectivity index (χ3n) is 5.17. The fourth-order valence-corrected chi connectivity index (χ4v) is 3.88. The summed E-state index contributed by atoms with van der Waals surface area (Å²) < 4.78 is 4.48. The molecule has 0 unspecified atom stereocenters. The molecule has 1 saturated heterocycles. The second-order valence-corrected chi connectivity index (χ2v) is 6.53. The fraction of sp³-hybridized carbons (Fsp3) is 0.421. The summed E-state index contributed by atoms with van der Waals surface area (Å²) in [6, 6.07) is 9.45. The molecule has 1 fully saturated rings. The van der Waals surface area contributed by atoms with Gasteiger partial charge in [0.1, 0.15) is 5.82 Å². The molecule has 23 heavy (non-hydrogen) atoms. The van der Waals surface area contributed by atoms with Crippen LogP contribution in [-0.4, -0.2) is 38.1 Å². The second-order valence-electron chi connectivity index (χ2n) is 6.53. The number of nitrogens with zero attached hydrogens (tertiary/aromatic N) is 4. The monoisotopic (exact) mass is 308 g/mol. The first-order chi connectivity index (χ1) is 11.3. The minimum atomic E-state index is 0.647. The van der Waals surface area contributed by atoms with Gasteiger partial charge in [-0.05, 0) is 50.2 Å². The van der Waals surface area contributed by atoms with Gasteiger partial charge >= 0.3 is 0 Å². The number of rotatable bonds is 4. The van der Waals surface area contributed by atoms with Gasteiger partial charge in [0.15, 0.2) is 0 Å². The molecule has 0 aliphatic carbocycles. The van der Waals surface area contributed by atoms with Crippen molar-refractivity contribution in [2.75, 3.05) is 13.1 Å². The van der Waals surface area contributed by atoms with Crippen molar-refractivity contribution < 1.29 is 0 Å². The van der Waals surface area contributed by atoms with E-state index in [1.165, 1.54) is 35.9 Å². The van der Waals surface area contributed by atoms with Crippen LogP contribution in [0.3, 0.4) is 0 Å². The Labute approximate surface area is 137 Å². The van der Waals surface area contributed by atoms with Crippen molar-refractivity contribution in [3.05, 3.63) is 42.9 Å². The van der Waals surface area contributed by atoms with E-state index in [2.05, 4.69) is 69.6 Å². The quantitative estimate of drug-likeness (QED) is 0.737. The Balaban J connectivity index is 1.65. The van der Waals surface area contributed by atoms with Crippen LogP contribution in [0.5, 0.6) is 0 Å². The Morgan fingerprint density at radius 2 is 2.13 bits per heavy atom. The molecule has 1 aromatic carbocycles. The summed E-state index contributed by atoms with van der Waals surface area (Å²) in [5.74, 6) is 1.08. The SMILES string of the molecule is CCN1CCC[C@H]1Cn1ccnc1-c1ccc2c(ccn2C)c1. The first-order valence-electron chi connectivity index (χ1n) is 8.57. The van der Waals surface area contributed by atoms with Crippen LogP contribution in [0.25, 0.3) is 22.3 Å². The zero-order valence-electron chi connectivity index (χ0n) is 13.9. The van der Waals surface area contributed by atoms with Gasteiger partial charge in [-0.1, -0.05) is 6.92 Å². The molecule has 4 heteroatoms. The van der Waals surface area contributed by atoms with Crippen LogP contribution in [0, 0.1) is 0 Å². The molecule has 0 amide bonds. The summed E-state index contributed by atoms with van der Waals surface area (Å²) in [7, 11) is 2.09. The topological polar surface area (TPSA) is 26.0 Å². The maximum atomic E-state index is 4.63. The van der Waals surface area contributed by atoms with Gasteiger partial charge in [0.2, 0.25) is 0 Å². The first kappa shape index (κ1) is 14.5. The molecule has 0 spiro atoms. The van der Waals surface area contributed by atoms with Gasteiger partial charge in [-0.25, -0.2) is 4.98 Å². The van der Waals surface area contributed by atoms with Gasteiger partial charge < -0.3 is 9.13 Å².